The molecule has 39 heavy (non-hydrogen) atoms. The van der Waals surface area contributed by atoms with Crippen molar-refractivity contribution in [2.24, 2.45) is 14.1 Å². The number of carbonyl (C=O) groups is 3. The molecule has 0 unspecified atom stereocenters. The van der Waals surface area contributed by atoms with Gasteiger partial charge in [0.2, 0.25) is 0 Å². The topological polar surface area (TPSA) is 73.5 Å². The highest BCUT2D eigenvalue weighted by atomic mass is 16.5. The fourth-order valence-corrected chi connectivity index (χ4v) is 5.69. The second kappa shape index (κ2) is 12.3. The van der Waals surface area contributed by atoms with Crippen LogP contribution in [0.25, 0.3) is 0 Å². The number of rotatable bonds is 11. The van der Waals surface area contributed by atoms with Crippen LogP contribution < -0.4 is 0 Å². The van der Waals surface area contributed by atoms with Crippen LogP contribution in [0.15, 0.2) is 30.6 Å². The first-order chi connectivity index (χ1) is 18.5. The lowest BCUT2D eigenvalue weighted by Crippen LogP contribution is -2.36. The molecule has 1 fully saturated rings. The van der Waals surface area contributed by atoms with Crippen molar-refractivity contribution in [3.8, 4) is 0 Å². The molecule has 0 aliphatic carbocycles. The average Bonchev–Trinajstić information content (AvgIpc) is 3.44. The fraction of sp³-hybridized carbons (Fsp3) is 0.469. The van der Waals surface area contributed by atoms with E-state index in [2.05, 4.69) is 17.9 Å². The number of carbonyl (C=O) groups excluding carboxylic acids is 3. The number of nitrogens with zero attached hydrogens (tertiary/aromatic N) is 3. The van der Waals surface area contributed by atoms with E-state index in [0.29, 0.717) is 17.8 Å². The van der Waals surface area contributed by atoms with Gasteiger partial charge in [0.05, 0.1) is 24.6 Å². The van der Waals surface area contributed by atoms with Crippen LogP contribution in [0.1, 0.15) is 77.6 Å². The summed E-state index contributed by atoms with van der Waals surface area (Å²) in [5.41, 5.74) is 7.97. The molecule has 0 atom stereocenters. The van der Waals surface area contributed by atoms with E-state index in [9.17, 15) is 14.4 Å². The predicted octanol–water partition coefficient (Wildman–Crippen LogP) is 4.74. The number of hydrogen-bond donors (Lipinski definition) is 0. The molecule has 7 nitrogen and oxygen atoms in total. The van der Waals surface area contributed by atoms with Gasteiger partial charge in [0, 0.05) is 64.4 Å². The summed E-state index contributed by atoms with van der Waals surface area (Å²) in [6, 6.07) is 5.73. The Labute approximate surface area is 231 Å². The van der Waals surface area contributed by atoms with Crippen LogP contribution >= 0.6 is 0 Å². The minimum Gasteiger partial charge on any atom is -0.379 e. The van der Waals surface area contributed by atoms with E-state index in [-0.39, 0.29) is 30.2 Å². The molecule has 1 aliphatic rings. The van der Waals surface area contributed by atoms with Crippen molar-refractivity contribution in [2.45, 2.75) is 53.4 Å². The van der Waals surface area contributed by atoms with E-state index < -0.39 is 0 Å². The fourth-order valence-electron chi connectivity index (χ4n) is 5.69. The molecular weight excluding hydrogens is 490 g/mol. The molecule has 3 heterocycles. The van der Waals surface area contributed by atoms with E-state index >= 15 is 0 Å². The highest BCUT2D eigenvalue weighted by Crippen LogP contribution is 2.24. The van der Waals surface area contributed by atoms with Gasteiger partial charge in [0.25, 0.3) is 0 Å². The number of morpholine rings is 1. The predicted molar refractivity (Wildman–Crippen MR) is 153 cm³/mol. The Kier molecular flexibility index (Phi) is 9.03. The largest absolute Gasteiger partial charge is 0.379 e. The van der Waals surface area contributed by atoms with Crippen LogP contribution in [0.5, 0.6) is 0 Å². The standard InChI is InChI=1S/C32H41N3O4/c1-21-14-22(2)32(24(4)23(21)3)31(38)18-26-16-28(34(6)20-26)30(37)17-25-15-27(33(5)19-25)29(36)8-7-9-35-10-12-39-13-11-35/h14-16,19-20H,7-13,17-18H2,1-6H3. The summed E-state index contributed by atoms with van der Waals surface area (Å²) in [4.78, 5) is 41.6. The molecule has 3 aromatic rings. The highest BCUT2D eigenvalue weighted by molar-refractivity contribution is 6.01. The summed E-state index contributed by atoms with van der Waals surface area (Å²) in [6.45, 7) is 12.4. The van der Waals surface area contributed by atoms with Crippen LogP contribution in [0.3, 0.4) is 0 Å². The van der Waals surface area contributed by atoms with E-state index in [0.717, 1.165) is 72.6 Å². The lowest BCUT2D eigenvalue weighted by molar-refractivity contribution is 0.0371. The molecule has 0 amide bonds. The summed E-state index contributed by atoms with van der Waals surface area (Å²) >= 11 is 0. The van der Waals surface area contributed by atoms with Crippen LogP contribution in [-0.2, 0) is 31.7 Å². The van der Waals surface area contributed by atoms with Crippen molar-refractivity contribution in [2.75, 3.05) is 32.8 Å². The maximum atomic E-state index is 13.2. The summed E-state index contributed by atoms with van der Waals surface area (Å²) in [5, 5.41) is 0. The molecule has 4 rings (SSSR count). The Balaban J connectivity index is 1.38. The highest BCUT2D eigenvalue weighted by Gasteiger charge is 2.20. The molecule has 0 bridgehead atoms. The van der Waals surface area contributed by atoms with Crippen LogP contribution in [-0.4, -0.2) is 64.2 Å². The quantitative estimate of drug-likeness (QED) is 0.334. The molecule has 1 aromatic carbocycles. The number of aryl methyl sites for hydroxylation is 4. The molecular formula is C32H41N3O4. The monoisotopic (exact) mass is 531 g/mol. The van der Waals surface area contributed by atoms with Crippen LogP contribution in [0.2, 0.25) is 0 Å². The minimum atomic E-state index is -0.0355. The minimum absolute atomic E-state index is 0.0355. The normalized spacial score (nSPS) is 14.1. The van der Waals surface area contributed by atoms with Gasteiger partial charge in [-0.3, -0.25) is 19.3 Å². The van der Waals surface area contributed by atoms with Crippen LogP contribution in [0, 0.1) is 27.7 Å². The maximum absolute atomic E-state index is 13.2. The molecule has 2 aromatic heterocycles. The van der Waals surface area contributed by atoms with Gasteiger partial charge in [-0.05, 0) is 86.2 Å². The van der Waals surface area contributed by atoms with Crippen LogP contribution in [0.4, 0.5) is 0 Å². The third-order valence-corrected chi connectivity index (χ3v) is 8.04. The maximum Gasteiger partial charge on any atom is 0.183 e. The Morgan fingerprint density at radius 3 is 1.92 bits per heavy atom. The van der Waals surface area contributed by atoms with Gasteiger partial charge in [-0.15, -0.1) is 0 Å². The second-order valence-electron chi connectivity index (χ2n) is 11.0. The van der Waals surface area contributed by atoms with Gasteiger partial charge in [-0.1, -0.05) is 6.07 Å². The van der Waals surface area contributed by atoms with Gasteiger partial charge in [0.15, 0.2) is 17.3 Å². The number of ketones is 3. The first-order valence-electron chi connectivity index (χ1n) is 13.8. The van der Waals surface area contributed by atoms with Gasteiger partial charge >= 0.3 is 0 Å². The van der Waals surface area contributed by atoms with Crippen molar-refractivity contribution in [3.05, 3.63) is 80.9 Å². The number of aromatic nitrogens is 2. The first kappa shape index (κ1) is 28.7. The van der Waals surface area contributed by atoms with Crippen molar-refractivity contribution >= 4 is 17.3 Å². The van der Waals surface area contributed by atoms with Crippen molar-refractivity contribution in [1.29, 1.82) is 0 Å². The van der Waals surface area contributed by atoms with E-state index in [1.807, 2.05) is 64.0 Å². The summed E-state index contributed by atoms with van der Waals surface area (Å²) in [5.74, 6) is 0.130. The van der Waals surface area contributed by atoms with Gasteiger partial charge in [0.1, 0.15) is 0 Å². The lowest BCUT2D eigenvalue weighted by atomic mass is 9.90. The number of ether oxygens (including phenoxy) is 1. The zero-order valence-electron chi connectivity index (χ0n) is 24.2. The Hall–Kier alpha value is -3.29. The van der Waals surface area contributed by atoms with Gasteiger partial charge in [-0.2, -0.15) is 0 Å². The molecule has 0 N–H and O–H groups in total. The number of hydrogen-bond acceptors (Lipinski definition) is 5. The lowest BCUT2D eigenvalue weighted by Gasteiger charge is -2.26. The van der Waals surface area contributed by atoms with E-state index in [4.69, 9.17) is 4.74 Å². The van der Waals surface area contributed by atoms with Gasteiger partial charge in [-0.25, -0.2) is 0 Å². The smallest absolute Gasteiger partial charge is 0.183 e. The SMILES string of the molecule is Cc1cc(C)c(C(=O)Cc2cc(C(=O)Cc3cc(C(=O)CCCN4CCOCC4)n(C)c3)n(C)c2)c(C)c1C. The number of benzene rings is 1. The molecule has 0 spiro atoms. The molecule has 208 valence electrons. The molecule has 1 saturated heterocycles. The van der Waals surface area contributed by atoms with Crippen molar-refractivity contribution < 1.29 is 19.1 Å². The number of Topliss-reactive ketones (excluding diaryl/α,β-unsaturated/α-hetero) is 3. The van der Waals surface area contributed by atoms with Gasteiger partial charge < -0.3 is 13.9 Å². The zero-order chi connectivity index (χ0) is 28.3. The molecule has 0 saturated carbocycles. The van der Waals surface area contributed by atoms with E-state index in [1.165, 1.54) is 5.56 Å². The molecule has 7 heteroatoms. The van der Waals surface area contributed by atoms with Crippen molar-refractivity contribution in [1.82, 2.24) is 14.0 Å². The zero-order valence-corrected chi connectivity index (χ0v) is 24.2. The third kappa shape index (κ3) is 6.65. The summed E-state index contributed by atoms with van der Waals surface area (Å²) in [6.07, 6.45) is 5.48. The average molecular weight is 532 g/mol. The third-order valence-electron chi connectivity index (χ3n) is 8.04. The van der Waals surface area contributed by atoms with Crippen molar-refractivity contribution in [3.63, 3.8) is 0 Å². The first-order valence-corrected chi connectivity index (χ1v) is 13.8. The summed E-state index contributed by atoms with van der Waals surface area (Å²) < 4.78 is 9.00. The van der Waals surface area contributed by atoms with E-state index in [1.54, 1.807) is 4.57 Å². The Bertz CT molecular complexity index is 1390. The molecule has 1 aliphatic heterocycles. The Morgan fingerprint density at radius 1 is 0.744 bits per heavy atom. The summed E-state index contributed by atoms with van der Waals surface area (Å²) in [7, 11) is 3.69. The second-order valence-corrected chi connectivity index (χ2v) is 11.0. The Morgan fingerprint density at radius 2 is 1.31 bits per heavy atom. The molecule has 0 radical (unpaired) electrons.